The van der Waals surface area contributed by atoms with E-state index >= 15 is 0 Å². The highest BCUT2D eigenvalue weighted by Crippen LogP contribution is 2.33. The number of furan rings is 2. The maximum absolute atomic E-state index is 6.14. The zero-order valence-corrected chi connectivity index (χ0v) is 12.3. The largest absolute Gasteiger partial charge is 0.457 e. The van der Waals surface area contributed by atoms with E-state index in [1.54, 1.807) is 6.07 Å². The zero-order valence-electron chi connectivity index (χ0n) is 10.8. The van der Waals surface area contributed by atoms with E-state index in [1.807, 2.05) is 37.3 Å². The molecule has 3 aromatic rings. The summed E-state index contributed by atoms with van der Waals surface area (Å²) in [6.07, 6.45) is 0. The predicted octanol–water partition coefficient (Wildman–Crippen LogP) is 5.03. The summed E-state index contributed by atoms with van der Waals surface area (Å²) in [5.74, 6) is 1.47. The van der Waals surface area contributed by atoms with Crippen molar-refractivity contribution in [3.8, 4) is 0 Å². The fourth-order valence-corrected chi connectivity index (χ4v) is 2.59. The average Bonchev–Trinajstić information content (AvgIpc) is 3.03. The molecule has 3 nitrogen and oxygen atoms in total. The lowest BCUT2D eigenvalue weighted by Crippen LogP contribution is -2.20. The van der Waals surface area contributed by atoms with E-state index in [1.165, 1.54) is 0 Å². The zero-order chi connectivity index (χ0) is 14.1. The fourth-order valence-electron chi connectivity index (χ4n) is 2.22. The van der Waals surface area contributed by atoms with E-state index in [2.05, 4.69) is 5.32 Å². The van der Waals surface area contributed by atoms with Crippen LogP contribution in [0, 0.1) is 0 Å². The molecular weight excluding hydrogens is 297 g/mol. The molecule has 1 N–H and O–H groups in total. The smallest absolute Gasteiger partial charge is 0.193 e. The lowest BCUT2D eigenvalue weighted by Gasteiger charge is -2.12. The SMILES string of the molecule is CCNC(c1ccc(Cl)o1)c1cc2cccc(Cl)c2o1. The monoisotopic (exact) mass is 309 g/mol. The minimum atomic E-state index is -0.184. The standard InChI is InChI=1S/C15H13Cl2NO2/c1-2-18-14(11-6-7-13(17)19-11)12-8-9-4-3-5-10(16)15(9)20-12/h3-8,14,18H,2H2,1H3. The first kappa shape index (κ1) is 13.6. The van der Waals surface area contributed by atoms with Crippen molar-refractivity contribution in [2.75, 3.05) is 6.54 Å². The van der Waals surface area contributed by atoms with E-state index < -0.39 is 0 Å². The molecule has 2 heterocycles. The second-order valence-electron chi connectivity index (χ2n) is 4.44. The molecule has 0 radical (unpaired) electrons. The minimum absolute atomic E-state index is 0.184. The number of hydrogen-bond acceptors (Lipinski definition) is 3. The summed E-state index contributed by atoms with van der Waals surface area (Å²) in [6.45, 7) is 2.79. The molecule has 0 bridgehead atoms. The van der Waals surface area contributed by atoms with Crippen molar-refractivity contribution in [2.24, 2.45) is 0 Å². The second-order valence-corrected chi connectivity index (χ2v) is 5.22. The fraction of sp³-hybridized carbons (Fsp3) is 0.200. The number of para-hydroxylation sites is 1. The summed E-state index contributed by atoms with van der Waals surface area (Å²) in [5.41, 5.74) is 0.685. The van der Waals surface area contributed by atoms with Crippen molar-refractivity contribution >= 4 is 34.2 Å². The Kier molecular flexibility index (Phi) is 3.74. The number of rotatable bonds is 4. The number of fused-ring (bicyclic) bond motifs is 1. The number of hydrogen-bond donors (Lipinski definition) is 1. The first-order valence-corrected chi connectivity index (χ1v) is 7.11. The third-order valence-electron chi connectivity index (χ3n) is 3.09. The van der Waals surface area contributed by atoms with Crippen LogP contribution in [0.2, 0.25) is 10.2 Å². The summed E-state index contributed by atoms with van der Waals surface area (Å²) >= 11 is 12.0. The molecule has 0 saturated carbocycles. The van der Waals surface area contributed by atoms with Gasteiger partial charge in [0.1, 0.15) is 17.6 Å². The van der Waals surface area contributed by atoms with Crippen LogP contribution in [0.3, 0.4) is 0 Å². The predicted molar refractivity (Wildman–Crippen MR) is 80.5 cm³/mol. The van der Waals surface area contributed by atoms with E-state index in [4.69, 9.17) is 32.0 Å². The first-order chi connectivity index (χ1) is 9.69. The van der Waals surface area contributed by atoms with Gasteiger partial charge in [0, 0.05) is 5.39 Å². The van der Waals surface area contributed by atoms with Crippen molar-refractivity contribution < 1.29 is 8.83 Å². The van der Waals surface area contributed by atoms with Gasteiger partial charge in [-0.05, 0) is 42.4 Å². The molecule has 1 atom stereocenters. The van der Waals surface area contributed by atoms with Crippen LogP contribution in [0.5, 0.6) is 0 Å². The Balaban J connectivity index is 2.07. The highest BCUT2D eigenvalue weighted by Gasteiger charge is 2.21. The molecule has 0 aliphatic heterocycles. The van der Waals surface area contributed by atoms with Gasteiger partial charge in [-0.3, -0.25) is 0 Å². The summed E-state index contributed by atoms with van der Waals surface area (Å²) < 4.78 is 11.4. The summed E-state index contributed by atoms with van der Waals surface area (Å²) in [7, 11) is 0. The Bertz CT molecular complexity index is 732. The normalized spacial score (nSPS) is 12.9. The molecule has 0 saturated heterocycles. The van der Waals surface area contributed by atoms with Crippen LogP contribution in [0.25, 0.3) is 11.0 Å². The molecule has 104 valence electrons. The second kappa shape index (κ2) is 5.52. The van der Waals surface area contributed by atoms with Gasteiger partial charge < -0.3 is 14.2 Å². The summed E-state index contributed by atoms with van der Waals surface area (Å²) in [6, 6.07) is 11.0. The van der Waals surface area contributed by atoms with Gasteiger partial charge in [0.25, 0.3) is 0 Å². The third-order valence-corrected chi connectivity index (χ3v) is 3.59. The number of benzene rings is 1. The minimum Gasteiger partial charge on any atom is -0.457 e. The Hall–Kier alpha value is -1.42. The Morgan fingerprint density at radius 1 is 1.10 bits per heavy atom. The third kappa shape index (κ3) is 2.44. The number of halogens is 2. The van der Waals surface area contributed by atoms with Gasteiger partial charge in [-0.25, -0.2) is 0 Å². The van der Waals surface area contributed by atoms with Crippen LogP contribution >= 0.6 is 23.2 Å². The quantitative estimate of drug-likeness (QED) is 0.734. The van der Waals surface area contributed by atoms with Gasteiger partial charge in [0.05, 0.1) is 5.02 Å². The van der Waals surface area contributed by atoms with Gasteiger partial charge in [-0.15, -0.1) is 0 Å². The lowest BCUT2D eigenvalue weighted by atomic mass is 10.1. The molecule has 0 aliphatic rings. The molecular formula is C15H13Cl2NO2. The highest BCUT2D eigenvalue weighted by molar-refractivity contribution is 6.34. The van der Waals surface area contributed by atoms with E-state index in [0.29, 0.717) is 21.6 Å². The van der Waals surface area contributed by atoms with Crippen LogP contribution in [0.15, 0.2) is 45.2 Å². The van der Waals surface area contributed by atoms with Crippen LogP contribution in [-0.2, 0) is 0 Å². The maximum Gasteiger partial charge on any atom is 0.193 e. The molecule has 0 fully saturated rings. The summed E-state index contributed by atoms with van der Waals surface area (Å²) in [5, 5.41) is 5.24. The Labute approximate surface area is 126 Å². The molecule has 3 rings (SSSR count). The Morgan fingerprint density at radius 3 is 2.60 bits per heavy atom. The van der Waals surface area contributed by atoms with Gasteiger partial charge in [-0.2, -0.15) is 0 Å². The van der Waals surface area contributed by atoms with Gasteiger partial charge in [0.15, 0.2) is 10.8 Å². The van der Waals surface area contributed by atoms with Gasteiger partial charge in [-0.1, -0.05) is 30.7 Å². The first-order valence-electron chi connectivity index (χ1n) is 6.35. The van der Waals surface area contributed by atoms with E-state index in [-0.39, 0.29) is 6.04 Å². The molecule has 0 aliphatic carbocycles. The van der Waals surface area contributed by atoms with Crippen LogP contribution in [0.4, 0.5) is 0 Å². The van der Waals surface area contributed by atoms with Crippen molar-refractivity contribution in [3.05, 3.63) is 58.2 Å². The average molecular weight is 310 g/mol. The van der Waals surface area contributed by atoms with Crippen molar-refractivity contribution in [2.45, 2.75) is 13.0 Å². The molecule has 0 amide bonds. The molecule has 5 heteroatoms. The van der Waals surface area contributed by atoms with Crippen LogP contribution in [0.1, 0.15) is 24.5 Å². The molecule has 1 aromatic carbocycles. The van der Waals surface area contributed by atoms with E-state index in [9.17, 15) is 0 Å². The molecule has 1 unspecified atom stereocenters. The van der Waals surface area contributed by atoms with Crippen molar-refractivity contribution in [1.29, 1.82) is 0 Å². The molecule has 20 heavy (non-hydrogen) atoms. The number of nitrogens with one attached hydrogen (secondary N) is 1. The maximum atomic E-state index is 6.14. The summed E-state index contributed by atoms with van der Waals surface area (Å²) in [4.78, 5) is 0. The van der Waals surface area contributed by atoms with Crippen LogP contribution in [-0.4, -0.2) is 6.54 Å². The highest BCUT2D eigenvalue weighted by atomic mass is 35.5. The van der Waals surface area contributed by atoms with Gasteiger partial charge >= 0.3 is 0 Å². The van der Waals surface area contributed by atoms with Crippen LogP contribution < -0.4 is 5.32 Å². The molecule has 0 spiro atoms. The topological polar surface area (TPSA) is 38.3 Å². The van der Waals surface area contributed by atoms with Gasteiger partial charge in [0.2, 0.25) is 0 Å². The lowest BCUT2D eigenvalue weighted by molar-refractivity contribution is 0.404. The van der Waals surface area contributed by atoms with Crippen molar-refractivity contribution in [1.82, 2.24) is 5.32 Å². The van der Waals surface area contributed by atoms with Crippen molar-refractivity contribution in [3.63, 3.8) is 0 Å². The Morgan fingerprint density at radius 2 is 1.95 bits per heavy atom. The van der Waals surface area contributed by atoms with E-state index in [0.717, 1.165) is 17.7 Å². The molecule has 2 aromatic heterocycles.